The summed E-state index contributed by atoms with van der Waals surface area (Å²) < 4.78 is 10.2. The fourth-order valence-electron chi connectivity index (χ4n) is 5.48. The standard InChI is InChI=1S/C25H23NO6/c1-31-19-10-6-14(7-11-19)20(27)13-32-25(30)15-4-8-18(9-5-15)26-23(28)21-16-2-3-17(12-16)22(21)24(26)29/h4-11,16-17,21-22H,2-3,12-13H2,1H3/t16-,17-,21+,22+/m0/s1. The van der Waals surface area contributed by atoms with Crippen molar-refractivity contribution in [2.45, 2.75) is 19.3 Å². The molecule has 3 aliphatic rings. The Morgan fingerprint density at radius 1 is 0.875 bits per heavy atom. The molecule has 1 saturated heterocycles. The molecule has 1 heterocycles. The zero-order valence-electron chi connectivity index (χ0n) is 17.7. The average molecular weight is 433 g/mol. The lowest BCUT2D eigenvalue weighted by Crippen LogP contribution is -2.32. The van der Waals surface area contributed by atoms with E-state index >= 15 is 0 Å². The van der Waals surface area contributed by atoms with Gasteiger partial charge in [0.25, 0.3) is 0 Å². The molecule has 2 bridgehead atoms. The molecule has 7 nitrogen and oxygen atoms in total. The topological polar surface area (TPSA) is 90.0 Å². The van der Waals surface area contributed by atoms with E-state index in [1.54, 1.807) is 36.4 Å². The van der Waals surface area contributed by atoms with Crippen LogP contribution in [0.1, 0.15) is 40.0 Å². The number of hydrogen-bond acceptors (Lipinski definition) is 6. The summed E-state index contributed by atoms with van der Waals surface area (Å²) in [7, 11) is 1.54. The molecule has 2 saturated carbocycles. The van der Waals surface area contributed by atoms with Crippen molar-refractivity contribution in [2.75, 3.05) is 18.6 Å². The largest absolute Gasteiger partial charge is 0.497 e. The van der Waals surface area contributed by atoms with Gasteiger partial charge in [-0.25, -0.2) is 4.79 Å². The van der Waals surface area contributed by atoms with E-state index in [4.69, 9.17) is 9.47 Å². The van der Waals surface area contributed by atoms with Gasteiger partial charge in [-0.2, -0.15) is 0 Å². The highest BCUT2D eigenvalue weighted by Gasteiger charge is 2.61. The van der Waals surface area contributed by atoms with Gasteiger partial charge >= 0.3 is 5.97 Å². The number of fused-ring (bicyclic) bond motifs is 5. The van der Waals surface area contributed by atoms with Gasteiger partial charge in [0, 0.05) is 5.56 Å². The van der Waals surface area contributed by atoms with Gasteiger partial charge in [0.15, 0.2) is 12.4 Å². The first-order chi connectivity index (χ1) is 15.5. The van der Waals surface area contributed by atoms with Gasteiger partial charge in [-0.05, 0) is 79.6 Å². The second-order valence-corrected chi connectivity index (χ2v) is 8.67. The summed E-state index contributed by atoms with van der Waals surface area (Å²) in [5, 5.41) is 0. The Balaban J connectivity index is 1.23. The fourth-order valence-corrected chi connectivity index (χ4v) is 5.48. The van der Waals surface area contributed by atoms with Gasteiger partial charge in [0.2, 0.25) is 11.8 Å². The Labute approximate surface area is 185 Å². The van der Waals surface area contributed by atoms with E-state index in [9.17, 15) is 19.2 Å². The smallest absolute Gasteiger partial charge is 0.338 e. The minimum Gasteiger partial charge on any atom is -0.497 e. The summed E-state index contributed by atoms with van der Waals surface area (Å²) in [5.74, 6) is -0.304. The lowest BCUT2D eigenvalue weighted by molar-refractivity contribution is -0.123. The molecule has 0 radical (unpaired) electrons. The summed E-state index contributed by atoms with van der Waals surface area (Å²) in [5.41, 5.74) is 1.13. The van der Waals surface area contributed by atoms with E-state index in [1.807, 2.05) is 0 Å². The van der Waals surface area contributed by atoms with Crippen molar-refractivity contribution < 1.29 is 28.7 Å². The Morgan fingerprint density at radius 3 is 2.00 bits per heavy atom. The van der Waals surface area contributed by atoms with Crippen LogP contribution in [0.25, 0.3) is 0 Å². The summed E-state index contributed by atoms with van der Waals surface area (Å²) in [6, 6.07) is 12.7. The lowest BCUT2D eigenvalue weighted by atomic mass is 9.81. The van der Waals surface area contributed by atoms with Crippen LogP contribution in [0, 0.1) is 23.7 Å². The highest BCUT2D eigenvalue weighted by atomic mass is 16.5. The van der Waals surface area contributed by atoms with Crippen LogP contribution in [0.2, 0.25) is 0 Å². The van der Waals surface area contributed by atoms with Crippen molar-refractivity contribution >= 4 is 29.3 Å². The number of carbonyl (C=O) groups excluding carboxylic acids is 4. The number of esters is 1. The minimum atomic E-state index is -0.646. The summed E-state index contributed by atoms with van der Waals surface area (Å²) in [6.45, 7) is -0.387. The average Bonchev–Trinajstić information content (AvgIpc) is 3.51. The summed E-state index contributed by atoms with van der Waals surface area (Å²) in [6.07, 6.45) is 3.04. The van der Waals surface area contributed by atoms with Crippen LogP contribution in [-0.2, 0) is 14.3 Å². The molecular formula is C25H23NO6. The van der Waals surface area contributed by atoms with Gasteiger partial charge in [-0.1, -0.05) is 0 Å². The molecule has 2 aromatic carbocycles. The lowest BCUT2D eigenvalue weighted by Gasteiger charge is -2.19. The van der Waals surface area contributed by atoms with Crippen LogP contribution in [0.5, 0.6) is 5.75 Å². The van der Waals surface area contributed by atoms with Crippen LogP contribution in [0.15, 0.2) is 48.5 Å². The van der Waals surface area contributed by atoms with Crippen LogP contribution in [0.4, 0.5) is 5.69 Å². The Morgan fingerprint density at radius 2 is 1.44 bits per heavy atom. The molecule has 2 aliphatic carbocycles. The van der Waals surface area contributed by atoms with Gasteiger partial charge in [0.05, 0.1) is 30.2 Å². The van der Waals surface area contributed by atoms with Crippen molar-refractivity contribution in [2.24, 2.45) is 23.7 Å². The normalized spacial score (nSPS) is 25.7. The van der Waals surface area contributed by atoms with Crippen molar-refractivity contribution in [3.05, 3.63) is 59.7 Å². The number of Topliss-reactive ketones (excluding diaryl/α,β-unsaturated/α-hetero) is 1. The number of methoxy groups -OCH3 is 1. The number of hydrogen-bond donors (Lipinski definition) is 0. The first-order valence-corrected chi connectivity index (χ1v) is 10.8. The van der Waals surface area contributed by atoms with Crippen LogP contribution < -0.4 is 9.64 Å². The predicted molar refractivity (Wildman–Crippen MR) is 114 cm³/mol. The van der Waals surface area contributed by atoms with Crippen LogP contribution >= 0.6 is 0 Å². The molecule has 0 spiro atoms. The number of nitrogens with zero attached hydrogens (tertiary/aromatic N) is 1. The number of rotatable bonds is 6. The summed E-state index contributed by atoms with van der Waals surface area (Å²) >= 11 is 0. The molecule has 0 aromatic heterocycles. The molecule has 7 heteroatoms. The number of ketones is 1. The van der Waals surface area contributed by atoms with E-state index in [-0.39, 0.29) is 41.6 Å². The Bertz CT molecular complexity index is 1060. The zero-order valence-corrected chi connectivity index (χ0v) is 17.7. The molecule has 2 amide bonds. The molecule has 4 atom stereocenters. The van der Waals surface area contributed by atoms with Crippen molar-refractivity contribution in [1.29, 1.82) is 0 Å². The maximum Gasteiger partial charge on any atom is 0.338 e. The van der Waals surface area contributed by atoms with Gasteiger partial charge in [-0.3, -0.25) is 19.3 Å². The van der Waals surface area contributed by atoms with Crippen molar-refractivity contribution in [1.82, 2.24) is 0 Å². The number of ether oxygens (including phenoxy) is 2. The van der Waals surface area contributed by atoms with Crippen LogP contribution in [0.3, 0.4) is 0 Å². The molecule has 1 aliphatic heterocycles. The minimum absolute atomic E-state index is 0.118. The quantitative estimate of drug-likeness (QED) is 0.395. The molecule has 5 rings (SSSR count). The van der Waals surface area contributed by atoms with E-state index < -0.39 is 5.97 Å². The van der Waals surface area contributed by atoms with Gasteiger partial charge in [0.1, 0.15) is 5.75 Å². The number of amides is 2. The van der Waals surface area contributed by atoms with E-state index in [0.29, 0.717) is 28.8 Å². The number of anilines is 1. The Hall–Kier alpha value is -3.48. The molecule has 0 unspecified atom stereocenters. The predicted octanol–water partition coefficient (Wildman–Crippen LogP) is 3.27. The molecule has 3 fully saturated rings. The van der Waals surface area contributed by atoms with Gasteiger partial charge in [-0.15, -0.1) is 0 Å². The third-order valence-electron chi connectivity index (χ3n) is 7.04. The first kappa shape index (κ1) is 20.4. The van der Waals surface area contributed by atoms with E-state index in [2.05, 4.69) is 0 Å². The highest BCUT2D eigenvalue weighted by Crippen LogP contribution is 2.56. The summed E-state index contributed by atoms with van der Waals surface area (Å²) in [4.78, 5) is 51.7. The second-order valence-electron chi connectivity index (χ2n) is 8.67. The maximum absolute atomic E-state index is 12.9. The number of benzene rings is 2. The molecular weight excluding hydrogens is 410 g/mol. The monoisotopic (exact) mass is 433 g/mol. The number of imide groups is 1. The van der Waals surface area contributed by atoms with E-state index in [0.717, 1.165) is 19.3 Å². The second kappa shape index (κ2) is 7.89. The Kier molecular flexibility index (Phi) is 5.04. The third kappa shape index (κ3) is 3.28. The molecule has 32 heavy (non-hydrogen) atoms. The van der Waals surface area contributed by atoms with Crippen molar-refractivity contribution in [3.63, 3.8) is 0 Å². The molecule has 164 valence electrons. The zero-order chi connectivity index (χ0) is 22.4. The molecule has 2 aromatic rings. The van der Waals surface area contributed by atoms with Crippen LogP contribution in [-0.4, -0.2) is 37.3 Å². The number of carbonyl (C=O) groups is 4. The van der Waals surface area contributed by atoms with E-state index in [1.165, 1.54) is 24.1 Å². The SMILES string of the molecule is COc1ccc(C(=O)COC(=O)c2ccc(N3C(=O)[C@@H]4[C@H]5CC[C@@H](C5)[C@H]4C3=O)cc2)cc1. The third-order valence-corrected chi connectivity index (χ3v) is 7.04. The van der Waals surface area contributed by atoms with Crippen molar-refractivity contribution in [3.8, 4) is 5.75 Å². The fraction of sp³-hybridized carbons (Fsp3) is 0.360. The maximum atomic E-state index is 12.9. The first-order valence-electron chi connectivity index (χ1n) is 10.8. The highest BCUT2D eigenvalue weighted by molar-refractivity contribution is 6.22. The molecule has 0 N–H and O–H groups in total. The van der Waals surface area contributed by atoms with Gasteiger partial charge < -0.3 is 9.47 Å².